The van der Waals surface area contributed by atoms with Gasteiger partial charge >= 0.3 is 0 Å². The van der Waals surface area contributed by atoms with Gasteiger partial charge in [-0.3, -0.25) is 0 Å². The van der Waals surface area contributed by atoms with Crippen molar-refractivity contribution in [2.45, 2.75) is 0 Å². The summed E-state index contributed by atoms with van der Waals surface area (Å²) in [6, 6.07) is 54.9. The van der Waals surface area contributed by atoms with Gasteiger partial charge < -0.3 is 19.4 Å². The fraction of sp³-hybridized carbons (Fsp3) is 0. The number of benzene rings is 4. The third-order valence-electron chi connectivity index (χ3n) is 5.92. The van der Waals surface area contributed by atoms with Gasteiger partial charge in [0.05, 0.1) is 6.20 Å². The molecular weight excluding hydrogens is 693 g/mol. The minimum Gasteiger partial charge on any atom is -0.500 e. The van der Waals surface area contributed by atoms with Crippen LogP contribution in [0.3, 0.4) is 0 Å². The van der Waals surface area contributed by atoms with Crippen LogP contribution in [0.1, 0.15) is 0 Å². The van der Waals surface area contributed by atoms with Crippen LogP contribution in [0, 0.1) is 31.1 Å². The number of hydrogen-bond donors (Lipinski definition) is 0. The molecule has 0 unspecified atom stereocenters. The summed E-state index contributed by atoms with van der Waals surface area (Å²) in [7, 11) is 0. The molecule has 4 nitrogen and oxygen atoms in total. The van der Waals surface area contributed by atoms with E-state index in [9.17, 15) is 0 Å². The molecule has 4 aromatic carbocycles. The van der Waals surface area contributed by atoms with Gasteiger partial charge in [0.2, 0.25) is 0 Å². The van der Waals surface area contributed by atoms with Gasteiger partial charge in [0.25, 0.3) is 0 Å². The second-order valence-corrected chi connectivity index (χ2v) is 8.75. The number of anilines is 2. The van der Waals surface area contributed by atoms with Crippen molar-refractivity contribution in [1.29, 1.82) is 0 Å². The Bertz CT molecular complexity index is 1390. The summed E-state index contributed by atoms with van der Waals surface area (Å²) in [6.45, 7) is 2.04. The molecule has 42 heavy (non-hydrogen) atoms. The SMILES string of the molecule is [Ir].[c-]1ccccc1-[n+]1[c-]cccc1.[c-]1ccccc1-c1ccccn1.[c-]1ccccc1N1C=CN(c2ccccc2)[CH-]1. The largest absolute Gasteiger partial charge is 0.500 e. The summed E-state index contributed by atoms with van der Waals surface area (Å²) in [5.41, 5.74) is 5.22. The molecule has 3 heterocycles. The van der Waals surface area contributed by atoms with E-state index in [2.05, 4.69) is 46.4 Å². The topological polar surface area (TPSA) is 23.2 Å². The van der Waals surface area contributed by atoms with E-state index in [0.717, 1.165) is 28.3 Å². The molecule has 7 rings (SSSR count). The normalized spacial score (nSPS) is 11.3. The van der Waals surface area contributed by atoms with Crippen LogP contribution in [-0.4, -0.2) is 4.98 Å². The first kappa shape index (κ1) is 30.1. The Kier molecular flexibility index (Phi) is 11.8. The van der Waals surface area contributed by atoms with Gasteiger partial charge in [-0.05, 0) is 36.3 Å². The molecule has 0 fully saturated rings. The van der Waals surface area contributed by atoms with Crippen LogP contribution >= 0.6 is 0 Å². The van der Waals surface area contributed by atoms with Crippen LogP contribution in [-0.2, 0) is 20.1 Å². The third-order valence-corrected chi connectivity index (χ3v) is 5.92. The van der Waals surface area contributed by atoms with E-state index in [-0.39, 0.29) is 20.1 Å². The first-order chi connectivity index (χ1) is 20.4. The molecular formula is C37H28IrN4-4. The van der Waals surface area contributed by atoms with E-state index in [1.165, 1.54) is 0 Å². The van der Waals surface area contributed by atoms with Crippen LogP contribution < -0.4 is 14.4 Å². The summed E-state index contributed by atoms with van der Waals surface area (Å²) < 4.78 is 1.90. The number of aromatic nitrogens is 2. The molecule has 5 heteroatoms. The van der Waals surface area contributed by atoms with Crippen LogP contribution in [0.4, 0.5) is 11.4 Å². The molecule has 0 aliphatic carbocycles. The summed E-state index contributed by atoms with van der Waals surface area (Å²) in [6.07, 6.45) is 10.9. The maximum Gasteiger partial charge on any atom is 0.150 e. The second kappa shape index (κ2) is 16.4. The number of hydrogen-bond acceptors (Lipinski definition) is 3. The van der Waals surface area contributed by atoms with Gasteiger partial charge in [0.1, 0.15) is 6.20 Å². The monoisotopic (exact) mass is 721 g/mol. The molecule has 0 atom stereocenters. The van der Waals surface area contributed by atoms with Gasteiger partial charge in [-0.15, -0.1) is 60.4 Å². The molecule has 0 N–H and O–H groups in total. The Labute approximate surface area is 262 Å². The fourth-order valence-corrected chi connectivity index (χ4v) is 3.91. The number of rotatable bonds is 4. The first-order valence-corrected chi connectivity index (χ1v) is 13.2. The van der Waals surface area contributed by atoms with Crippen molar-refractivity contribution in [3.05, 3.63) is 195 Å². The van der Waals surface area contributed by atoms with E-state index in [4.69, 9.17) is 0 Å². The quantitative estimate of drug-likeness (QED) is 0.139. The van der Waals surface area contributed by atoms with Crippen molar-refractivity contribution in [2.24, 2.45) is 0 Å². The van der Waals surface area contributed by atoms with Crippen molar-refractivity contribution in [2.75, 3.05) is 9.80 Å². The predicted molar refractivity (Wildman–Crippen MR) is 164 cm³/mol. The molecule has 0 saturated heterocycles. The minimum atomic E-state index is 0. The van der Waals surface area contributed by atoms with Gasteiger partial charge in [0.15, 0.2) is 0 Å². The minimum absolute atomic E-state index is 0. The molecule has 6 aromatic rings. The third kappa shape index (κ3) is 8.84. The standard InChI is InChI=1S/C15H12N2.2C11H8N.Ir/c1-3-7-14(8-4-1)16-11-12-17(13-16)15-9-5-2-6-10-15;1-3-7-11(8-4-1)12-9-5-2-6-10-12;1-2-6-10(7-3-1)11-8-4-5-9-12-11;/h1-9,11-13H;1-7,9H;1-6,8-9H;/q-2;2*-1;. The van der Waals surface area contributed by atoms with Crippen molar-refractivity contribution >= 4 is 11.4 Å². The zero-order valence-electron chi connectivity index (χ0n) is 22.8. The van der Waals surface area contributed by atoms with Crippen molar-refractivity contribution < 1.29 is 24.7 Å². The Morgan fingerprint density at radius 1 is 0.595 bits per heavy atom. The van der Waals surface area contributed by atoms with Gasteiger partial charge in [-0.1, -0.05) is 42.5 Å². The maximum atomic E-state index is 4.22. The van der Waals surface area contributed by atoms with E-state index in [1.54, 1.807) is 6.20 Å². The molecule has 0 amide bonds. The maximum absolute atomic E-state index is 4.22. The van der Waals surface area contributed by atoms with Crippen molar-refractivity contribution in [3.8, 4) is 16.9 Å². The van der Waals surface area contributed by atoms with Gasteiger partial charge in [-0.25, -0.2) is 0 Å². The van der Waals surface area contributed by atoms with E-state index >= 15 is 0 Å². The molecule has 0 saturated carbocycles. The van der Waals surface area contributed by atoms with E-state index in [0.29, 0.717) is 0 Å². The van der Waals surface area contributed by atoms with Gasteiger partial charge in [-0.2, -0.15) is 54.6 Å². The number of pyridine rings is 2. The Morgan fingerprint density at radius 3 is 1.93 bits per heavy atom. The smallest absolute Gasteiger partial charge is 0.150 e. The molecule has 2 aromatic heterocycles. The average molecular weight is 721 g/mol. The molecule has 209 valence electrons. The van der Waals surface area contributed by atoms with Crippen LogP contribution in [0.25, 0.3) is 16.9 Å². The Morgan fingerprint density at radius 2 is 1.29 bits per heavy atom. The van der Waals surface area contributed by atoms with Crippen molar-refractivity contribution in [1.82, 2.24) is 4.98 Å². The van der Waals surface area contributed by atoms with E-state index in [1.807, 2.05) is 162 Å². The summed E-state index contributed by atoms with van der Waals surface area (Å²) in [4.78, 5) is 8.35. The molecule has 0 spiro atoms. The van der Waals surface area contributed by atoms with Crippen LogP contribution in [0.15, 0.2) is 164 Å². The molecule has 1 radical (unpaired) electrons. The van der Waals surface area contributed by atoms with E-state index < -0.39 is 0 Å². The van der Waals surface area contributed by atoms with Crippen LogP contribution in [0.5, 0.6) is 0 Å². The molecule has 1 aliphatic rings. The summed E-state index contributed by atoms with van der Waals surface area (Å²) >= 11 is 0. The molecule has 1 aliphatic heterocycles. The zero-order valence-corrected chi connectivity index (χ0v) is 25.2. The van der Waals surface area contributed by atoms with Crippen LogP contribution in [0.2, 0.25) is 0 Å². The van der Waals surface area contributed by atoms with Crippen molar-refractivity contribution in [3.63, 3.8) is 0 Å². The average Bonchev–Trinajstić information content (AvgIpc) is 3.59. The van der Waals surface area contributed by atoms with Gasteiger partial charge in [0, 0.05) is 37.7 Å². The number of para-hydroxylation sites is 3. The molecule has 0 bridgehead atoms. The number of nitrogens with zero attached hydrogens (tertiary/aromatic N) is 4. The zero-order chi connectivity index (χ0) is 28.0. The Hall–Kier alpha value is -4.83. The fourth-order valence-electron chi connectivity index (χ4n) is 3.91. The summed E-state index contributed by atoms with van der Waals surface area (Å²) in [5, 5.41) is 0. The first-order valence-electron chi connectivity index (χ1n) is 13.2. The summed E-state index contributed by atoms with van der Waals surface area (Å²) in [5.74, 6) is 0. The second-order valence-electron chi connectivity index (χ2n) is 8.75. The Balaban J connectivity index is 0.000000146. The predicted octanol–water partition coefficient (Wildman–Crippen LogP) is 7.51.